The smallest absolute Gasteiger partial charge is 0.363 e. The van der Waals surface area contributed by atoms with Crippen LogP contribution in [0, 0.1) is 0 Å². The van der Waals surface area contributed by atoms with Crippen molar-refractivity contribution in [3.8, 4) is 11.4 Å². The summed E-state index contributed by atoms with van der Waals surface area (Å²) in [6.45, 7) is 2.79. The quantitative estimate of drug-likeness (QED) is 0.550. The molecule has 0 N–H and O–H groups in total. The number of nitrogens with zero attached hydrogens (tertiary/aromatic N) is 2. The summed E-state index contributed by atoms with van der Waals surface area (Å²) in [5, 5.41) is 0.985. The van der Waals surface area contributed by atoms with Crippen LogP contribution in [0.25, 0.3) is 16.6 Å². The van der Waals surface area contributed by atoms with E-state index in [0.29, 0.717) is 24.6 Å². The van der Waals surface area contributed by atoms with Crippen molar-refractivity contribution in [1.82, 2.24) is 4.98 Å². The summed E-state index contributed by atoms with van der Waals surface area (Å²) in [6, 6.07) is 11.7. The van der Waals surface area contributed by atoms with Crippen LogP contribution in [0.5, 0.6) is 5.75 Å². The highest BCUT2D eigenvalue weighted by atomic mass is 16.5. The van der Waals surface area contributed by atoms with Gasteiger partial charge in [-0.3, -0.25) is 0 Å². The lowest BCUT2D eigenvalue weighted by atomic mass is 10.1. The molecule has 4 rings (SSSR count). The third kappa shape index (κ3) is 2.48. The van der Waals surface area contributed by atoms with Crippen LogP contribution in [-0.2, 0) is 11.2 Å². The molecule has 0 atom stereocenters. The molecule has 0 aliphatic carbocycles. The Morgan fingerprint density at radius 2 is 2.08 bits per heavy atom. The van der Waals surface area contributed by atoms with Crippen molar-refractivity contribution in [3.63, 3.8) is 0 Å². The Balaban J connectivity index is 1.95. The SMILES string of the molecule is CCOC(=O)c1nc2cc3c(cc2cc1-[n+]1ccccc1)CCO3. The van der Waals surface area contributed by atoms with Gasteiger partial charge in [-0.2, -0.15) is 4.57 Å². The molecule has 2 aromatic heterocycles. The summed E-state index contributed by atoms with van der Waals surface area (Å²) in [4.78, 5) is 17.0. The summed E-state index contributed by atoms with van der Waals surface area (Å²) >= 11 is 0. The van der Waals surface area contributed by atoms with Gasteiger partial charge in [-0.25, -0.2) is 9.78 Å². The number of aromatic nitrogens is 2. The summed E-state index contributed by atoms with van der Waals surface area (Å²) in [6.07, 6.45) is 4.68. The van der Waals surface area contributed by atoms with Gasteiger partial charge in [0, 0.05) is 36.1 Å². The zero-order valence-electron chi connectivity index (χ0n) is 13.4. The molecule has 0 radical (unpaired) electrons. The Labute approximate surface area is 139 Å². The van der Waals surface area contributed by atoms with E-state index < -0.39 is 5.97 Å². The summed E-state index contributed by atoms with van der Waals surface area (Å²) in [7, 11) is 0. The number of carbonyl (C=O) groups excluding carboxylic acids is 1. The highest BCUT2D eigenvalue weighted by molar-refractivity contribution is 5.95. The molecule has 0 saturated carbocycles. The molecule has 0 saturated heterocycles. The fraction of sp³-hybridized carbons (Fsp3) is 0.211. The maximum atomic E-state index is 12.4. The Kier molecular flexibility index (Phi) is 3.61. The van der Waals surface area contributed by atoms with Gasteiger partial charge in [0.15, 0.2) is 12.4 Å². The Morgan fingerprint density at radius 3 is 2.88 bits per heavy atom. The molecule has 0 bridgehead atoms. The molecule has 0 amide bonds. The zero-order chi connectivity index (χ0) is 16.5. The summed E-state index contributed by atoms with van der Waals surface area (Å²) in [5.74, 6) is 0.428. The average molecular weight is 321 g/mol. The van der Waals surface area contributed by atoms with Gasteiger partial charge in [0.1, 0.15) is 5.75 Å². The van der Waals surface area contributed by atoms with E-state index in [9.17, 15) is 4.79 Å². The molecule has 1 aromatic carbocycles. The fourth-order valence-electron chi connectivity index (χ4n) is 2.95. The first kappa shape index (κ1) is 14.6. The Hall–Kier alpha value is -2.95. The maximum absolute atomic E-state index is 12.4. The molecule has 3 heterocycles. The van der Waals surface area contributed by atoms with Crippen molar-refractivity contribution in [2.45, 2.75) is 13.3 Å². The van der Waals surface area contributed by atoms with E-state index in [1.807, 2.05) is 47.3 Å². The largest absolute Gasteiger partial charge is 0.493 e. The van der Waals surface area contributed by atoms with Gasteiger partial charge < -0.3 is 9.47 Å². The lowest BCUT2D eigenvalue weighted by Crippen LogP contribution is -2.32. The van der Waals surface area contributed by atoms with Gasteiger partial charge in [0.05, 0.1) is 18.7 Å². The molecule has 0 unspecified atom stereocenters. The normalized spacial score (nSPS) is 12.7. The lowest BCUT2D eigenvalue weighted by molar-refractivity contribution is -0.596. The second kappa shape index (κ2) is 5.92. The minimum absolute atomic E-state index is 0.304. The van der Waals surface area contributed by atoms with Crippen LogP contribution in [0.2, 0.25) is 0 Å². The van der Waals surface area contributed by atoms with Crippen LogP contribution < -0.4 is 9.30 Å². The van der Waals surface area contributed by atoms with E-state index in [-0.39, 0.29) is 0 Å². The van der Waals surface area contributed by atoms with E-state index in [2.05, 4.69) is 11.1 Å². The van der Waals surface area contributed by atoms with Crippen LogP contribution in [0.1, 0.15) is 23.0 Å². The minimum Gasteiger partial charge on any atom is -0.493 e. The third-order valence-electron chi connectivity index (χ3n) is 4.07. The van der Waals surface area contributed by atoms with Gasteiger partial charge in [-0.15, -0.1) is 0 Å². The van der Waals surface area contributed by atoms with Gasteiger partial charge in [-0.1, -0.05) is 6.07 Å². The van der Waals surface area contributed by atoms with Gasteiger partial charge in [-0.05, 0) is 18.6 Å². The van der Waals surface area contributed by atoms with E-state index in [0.717, 1.165) is 23.1 Å². The predicted octanol–water partition coefficient (Wildman–Crippen LogP) is 2.62. The topological polar surface area (TPSA) is 52.3 Å². The van der Waals surface area contributed by atoms with Crippen molar-refractivity contribution >= 4 is 16.9 Å². The van der Waals surface area contributed by atoms with Crippen LogP contribution >= 0.6 is 0 Å². The molecular weight excluding hydrogens is 304 g/mol. The van der Waals surface area contributed by atoms with Crippen molar-refractivity contribution in [1.29, 1.82) is 0 Å². The molecule has 5 nitrogen and oxygen atoms in total. The second-order valence-corrected chi connectivity index (χ2v) is 5.61. The lowest BCUT2D eigenvalue weighted by Gasteiger charge is -2.07. The predicted molar refractivity (Wildman–Crippen MR) is 88.4 cm³/mol. The maximum Gasteiger partial charge on any atom is 0.363 e. The van der Waals surface area contributed by atoms with E-state index in [1.165, 1.54) is 5.56 Å². The molecule has 0 fully saturated rings. The van der Waals surface area contributed by atoms with Gasteiger partial charge in [0.25, 0.3) is 0 Å². The number of pyridine rings is 2. The fourth-order valence-corrected chi connectivity index (χ4v) is 2.95. The molecule has 120 valence electrons. The molecule has 1 aliphatic heterocycles. The number of rotatable bonds is 3. The first-order chi connectivity index (χ1) is 11.8. The highest BCUT2D eigenvalue weighted by Crippen LogP contribution is 2.30. The molecule has 24 heavy (non-hydrogen) atoms. The second-order valence-electron chi connectivity index (χ2n) is 5.61. The van der Waals surface area contributed by atoms with E-state index in [4.69, 9.17) is 9.47 Å². The number of ether oxygens (including phenoxy) is 2. The molecule has 1 aliphatic rings. The average Bonchev–Trinajstić information content (AvgIpc) is 3.06. The van der Waals surface area contributed by atoms with Gasteiger partial charge in [0.2, 0.25) is 11.4 Å². The van der Waals surface area contributed by atoms with Crippen molar-refractivity contribution in [3.05, 3.63) is 60.0 Å². The molecule has 0 spiro atoms. The Morgan fingerprint density at radius 1 is 1.25 bits per heavy atom. The zero-order valence-corrected chi connectivity index (χ0v) is 13.4. The number of hydrogen-bond acceptors (Lipinski definition) is 4. The minimum atomic E-state index is -0.424. The number of hydrogen-bond donors (Lipinski definition) is 0. The van der Waals surface area contributed by atoms with E-state index in [1.54, 1.807) is 6.92 Å². The molecule has 3 aromatic rings. The van der Waals surface area contributed by atoms with Crippen molar-refractivity contribution < 1.29 is 18.8 Å². The van der Waals surface area contributed by atoms with Crippen LogP contribution in [0.4, 0.5) is 0 Å². The highest BCUT2D eigenvalue weighted by Gasteiger charge is 2.24. The number of carbonyl (C=O) groups is 1. The van der Waals surface area contributed by atoms with Gasteiger partial charge >= 0.3 is 5.97 Å². The first-order valence-electron chi connectivity index (χ1n) is 8.00. The number of esters is 1. The first-order valence-corrected chi connectivity index (χ1v) is 8.00. The van der Waals surface area contributed by atoms with Crippen LogP contribution in [0.3, 0.4) is 0 Å². The monoisotopic (exact) mass is 321 g/mol. The number of benzene rings is 1. The number of fused-ring (bicyclic) bond motifs is 2. The summed E-state index contributed by atoms with van der Waals surface area (Å²) in [5.41, 5.74) is 2.93. The van der Waals surface area contributed by atoms with Crippen LogP contribution in [0.15, 0.2) is 48.8 Å². The molecule has 5 heteroatoms. The Bertz CT molecular complexity index is 923. The standard InChI is InChI=1S/C19H17N2O3/c1-2-23-19(22)18-16(21-7-4-3-5-8-21)11-14-10-13-6-9-24-17(13)12-15(14)20-18/h3-5,7-8,10-12H,2,6,9H2,1H3/q+1. The van der Waals surface area contributed by atoms with Crippen molar-refractivity contribution in [2.24, 2.45) is 0 Å². The summed E-state index contributed by atoms with van der Waals surface area (Å²) < 4.78 is 12.7. The van der Waals surface area contributed by atoms with Crippen LogP contribution in [-0.4, -0.2) is 24.2 Å². The molecular formula is C19H17N2O3+. The van der Waals surface area contributed by atoms with Crippen molar-refractivity contribution in [2.75, 3.05) is 13.2 Å². The third-order valence-corrected chi connectivity index (χ3v) is 4.07. The van der Waals surface area contributed by atoms with E-state index >= 15 is 0 Å².